The quantitative estimate of drug-likeness (QED) is 0.405. The number of rotatable bonds is 10. The van der Waals surface area contributed by atoms with E-state index in [2.05, 4.69) is 40.0 Å². The van der Waals surface area contributed by atoms with Gasteiger partial charge in [0.2, 0.25) is 0 Å². The summed E-state index contributed by atoms with van der Waals surface area (Å²) >= 11 is 0. The molecule has 0 spiro atoms. The Morgan fingerprint density at radius 1 is 1.20 bits per heavy atom. The molecule has 114 valence electrons. The molecule has 2 nitrogen and oxygen atoms in total. The molecule has 0 bridgehead atoms. The van der Waals surface area contributed by atoms with Crippen LogP contribution in [0.3, 0.4) is 0 Å². The summed E-state index contributed by atoms with van der Waals surface area (Å²) in [4.78, 5) is 11.0. The van der Waals surface area contributed by atoms with E-state index in [1.54, 1.807) is 0 Å². The SMILES string of the molecule is C=C(C)CC[C@H](C/C=C(/C)CCOC(=O)CC)C(=C)C. The number of hydrogen-bond donors (Lipinski definition) is 0. The number of esters is 1. The number of hydrogen-bond acceptors (Lipinski definition) is 2. The van der Waals surface area contributed by atoms with Gasteiger partial charge in [0.05, 0.1) is 6.61 Å². The second-order valence-corrected chi connectivity index (χ2v) is 5.65. The third-order valence-electron chi connectivity index (χ3n) is 3.42. The van der Waals surface area contributed by atoms with Crippen LogP contribution in [0.1, 0.15) is 59.8 Å². The lowest BCUT2D eigenvalue weighted by Gasteiger charge is -2.15. The van der Waals surface area contributed by atoms with Gasteiger partial charge in [0.1, 0.15) is 0 Å². The maximum Gasteiger partial charge on any atom is 0.305 e. The molecule has 0 aromatic rings. The summed E-state index contributed by atoms with van der Waals surface area (Å²) in [5.41, 5.74) is 3.73. The van der Waals surface area contributed by atoms with Crippen LogP contribution in [0.2, 0.25) is 0 Å². The highest BCUT2D eigenvalue weighted by molar-refractivity contribution is 5.68. The van der Waals surface area contributed by atoms with E-state index < -0.39 is 0 Å². The fraction of sp³-hybridized carbons (Fsp3) is 0.611. The molecular weight excluding hydrogens is 248 g/mol. The van der Waals surface area contributed by atoms with Gasteiger partial charge in [-0.3, -0.25) is 4.79 Å². The molecule has 2 heteroatoms. The summed E-state index contributed by atoms with van der Waals surface area (Å²) in [5.74, 6) is 0.388. The van der Waals surface area contributed by atoms with Gasteiger partial charge < -0.3 is 4.74 Å². The predicted octanol–water partition coefficient (Wildman–Crippen LogP) is 5.21. The molecule has 1 atom stereocenters. The highest BCUT2D eigenvalue weighted by Gasteiger charge is 2.08. The molecule has 0 heterocycles. The molecule has 0 rings (SSSR count). The number of allylic oxidation sites excluding steroid dienone is 3. The van der Waals surface area contributed by atoms with Crippen LogP contribution in [0.5, 0.6) is 0 Å². The molecule has 0 aliphatic heterocycles. The van der Waals surface area contributed by atoms with E-state index in [1.165, 1.54) is 16.7 Å². The zero-order chi connectivity index (χ0) is 15.5. The van der Waals surface area contributed by atoms with Crippen LogP contribution in [-0.4, -0.2) is 12.6 Å². The second kappa shape index (κ2) is 10.5. The fourth-order valence-electron chi connectivity index (χ4n) is 1.86. The van der Waals surface area contributed by atoms with E-state index in [0.717, 1.165) is 25.7 Å². The van der Waals surface area contributed by atoms with Crippen molar-refractivity contribution in [1.29, 1.82) is 0 Å². The van der Waals surface area contributed by atoms with Crippen molar-refractivity contribution in [2.75, 3.05) is 6.61 Å². The lowest BCUT2D eigenvalue weighted by atomic mass is 9.90. The molecule has 0 saturated carbocycles. The minimum absolute atomic E-state index is 0.126. The predicted molar refractivity (Wildman–Crippen MR) is 86.6 cm³/mol. The van der Waals surface area contributed by atoms with Gasteiger partial charge in [-0.1, -0.05) is 36.3 Å². The van der Waals surface area contributed by atoms with Crippen molar-refractivity contribution in [2.45, 2.75) is 59.8 Å². The summed E-state index contributed by atoms with van der Waals surface area (Å²) in [6, 6.07) is 0. The zero-order valence-corrected chi connectivity index (χ0v) is 13.6. The molecule has 0 aliphatic carbocycles. The first-order valence-corrected chi connectivity index (χ1v) is 7.47. The van der Waals surface area contributed by atoms with Crippen molar-refractivity contribution >= 4 is 5.97 Å². The highest BCUT2D eigenvalue weighted by atomic mass is 16.5. The standard InChI is InChI=1S/C18H30O2/c1-7-18(19)20-13-12-16(6)9-11-17(15(4)5)10-8-14(2)3/h9,17H,2,4,7-8,10-13H2,1,3,5-6H3/b16-9-/t17-/m1/s1. The Balaban J connectivity index is 4.15. The maximum atomic E-state index is 11.0. The first-order valence-electron chi connectivity index (χ1n) is 7.47. The molecule has 0 amide bonds. The lowest BCUT2D eigenvalue weighted by molar-refractivity contribution is -0.143. The molecule has 0 saturated heterocycles. The highest BCUT2D eigenvalue weighted by Crippen LogP contribution is 2.22. The Kier molecular flexibility index (Phi) is 9.79. The maximum absolute atomic E-state index is 11.0. The van der Waals surface area contributed by atoms with Crippen LogP contribution >= 0.6 is 0 Å². The Labute approximate surface area is 124 Å². The van der Waals surface area contributed by atoms with Crippen molar-refractivity contribution in [3.63, 3.8) is 0 Å². The van der Waals surface area contributed by atoms with Crippen LogP contribution < -0.4 is 0 Å². The largest absolute Gasteiger partial charge is 0.465 e. The van der Waals surface area contributed by atoms with Crippen molar-refractivity contribution < 1.29 is 9.53 Å². The summed E-state index contributed by atoms with van der Waals surface area (Å²) in [6.45, 7) is 16.6. The third-order valence-corrected chi connectivity index (χ3v) is 3.42. The van der Waals surface area contributed by atoms with Gasteiger partial charge in [-0.2, -0.15) is 0 Å². The molecular formula is C18H30O2. The van der Waals surface area contributed by atoms with Gasteiger partial charge in [-0.15, -0.1) is 6.58 Å². The summed E-state index contributed by atoms with van der Waals surface area (Å²) in [7, 11) is 0. The molecule has 0 aromatic carbocycles. The van der Waals surface area contributed by atoms with Crippen LogP contribution in [-0.2, 0) is 9.53 Å². The van der Waals surface area contributed by atoms with Crippen molar-refractivity contribution in [3.05, 3.63) is 36.0 Å². The van der Waals surface area contributed by atoms with Crippen LogP contribution in [0.4, 0.5) is 0 Å². The van der Waals surface area contributed by atoms with Gasteiger partial charge in [0.25, 0.3) is 0 Å². The number of carbonyl (C=O) groups is 1. The van der Waals surface area contributed by atoms with E-state index in [4.69, 9.17) is 4.74 Å². The van der Waals surface area contributed by atoms with Gasteiger partial charge >= 0.3 is 5.97 Å². The van der Waals surface area contributed by atoms with Crippen molar-refractivity contribution in [2.24, 2.45) is 5.92 Å². The van der Waals surface area contributed by atoms with Crippen LogP contribution in [0.25, 0.3) is 0 Å². The monoisotopic (exact) mass is 278 g/mol. The number of carbonyl (C=O) groups excluding carboxylic acids is 1. The third kappa shape index (κ3) is 9.60. The zero-order valence-electron chi connectivity index (χ0n) is 13.6. The molecule has 0 unspecified atom stereocenters. The van der Waals surface area contributed by atoms with Gasteiger partial charge in [-0.05, 0) is 46.0 Å². The van der Waals surface area contributed by atoms with Gasteiger partial charge in [0.15, 0.2) is 0 Å². The fourth-order valence-corrected chi connectivity index (χ4v) is 1.86. The van der Waals surface area contributed by atoms with Crippen molar-refractivity contribution in [3.8, 4) is 0 Å². The van der Waals surface area contributed by atoms with Crippen LogP contribution in [0.15, 0.2) is 36.0 Å². The van der Waals surface area contributed by atoms with Gasteiger partial charge in [-0.25, -0.2) is 0 Å². The Morgan fingerprint density at radius 3 is 2.35 bits per heavy atom. The Morgan fingerprint density at radius 2 is 1.85 bits per heavy atom. The molecule has 0 fully saturated rings. The average Bonchev–Trinajstić information content (AvgIpc) is 2.37. The minimum Gasteiger partial charge on any atom is -0.465 e. The molecule has 0 radical (unpaired) electrons. The Hall–Kier alpha value is -1.31. The van der Waals surface area contributed by atoms with E-state index in [1.807, 2.05) is 6.92 Å². The topological polar surface area (TPSA) is 26.3 Å². The van der Waals surface area contributed by atoms with Crippen molar-refractivity contribution in [1.82, 2.24) is 0 Å². The first-order chi connectivity index (χ1) is 9.36. The molecule has 20 heavy (non-hydrogen) atoms. The number of ether oxygens (including phenoxy) is 1. The summed E-state index contributed by atoms with van der Waals surface area (Å²) < 4.78 is 5.09. The lowest BCUT2D eigenvalue weighted by Crippen LogP contribution is -2.04. The second-order valence-electron chi connectivity index (χ2n) is 5.65. The first kappa shape index (κ1) is 18.7. The van der Waals surface area contributed by atoms with Crippen LogP contribution in [0, 0.1) is 5.92 Å². The smallest absolute Gasteiger partial charge is 0.305 e. The molecule has 0 aliphatic rings. The summed E-state index contributed by atoms with van der Waals surface area (Å²) in [5, 5.41) is 0. The minimum atomic E-state index is -0.126. The normalized spacial score (nSPS) is 12.9. The summed E-state index contributed by atoms with van der Waals surface area (Å²) in [6.07, 6.45) is 6.68. The van der Waals surface area contributed by atoms with Gasteiger partial charge in [0, 0.05) is 12.8 Å². The van der Waals surface area contributed by atoms with E-state index in [0.29, 0.717) is 18.9 Å². The average molecular weight is 278 g/mol. The van der Waals surface area contributed by atoms with E-state index in [9.17, 15) is 4.79 Å². The Bertz CT molecular complexity index is 364. The van der Waals surface area contributed by atoms with E-state index in [-0.39, 0.29) is 5.97 Å². The molecule has 0 N–H and O–H groups in total. The molecule has 0 aromatic heterocycles. The van der Waals surface area contributed by atoms with E-state index >= 15 is 0 Å².